The second-order valence-electron chi connectivity index (χ2n) is 8.25. The number of nitrogens with zero attached hydrogens (tertiary/aromatic N) is 2. The number of aromatic nitrogens is 2. The first-order chi connectivity index (χ1) is 17.0. The first kappa shape index (κ1) is 25.5. The monoisotopic (exact) mass is 514 g/mol. The van der Waals surface area contributed by atoms with Crippen molar-refractivity contribution in [3.63, 3.8) is 0 Å². The van der Waals surface area contributed by atoms with Crippen LogP contribution in [-0.4, -0.2) is 43.1 Å². The number of aryl methyl sites for hydroxylation is 1. The number of halogens is 2. The molecule has 4 aromatic rings. The fourth-order valence-electron chi connectivity index (χ4n) is 4.16. The fraction of sp³-hybridized carbons (Fsp3) is 0.296. The van der Waals surface area contributed by atoms with Crippen LogP contribution in [0.5, 0.6) is 5.75 Å². The SMILES string of the molecule is COC[C@H]1CO[C@](Cn2ccnc2)(c2ccc(Cl)cc2Cl)O1.COc1ccc(C)c2ccccc12. The molecule has 1 aliphatic heterocycles. The topological polar surface area (TPSA) is 54.7 Å². The van der Waals surface area contributed by atoms with Crippen LogP contribution in [0, 0.1) is 6.92 Å². The number of rotatable bonds is 6. The maximum Gasteiger partial charge on any atom is 0.215 e. The number of hydrogen-bond acceptors (Lipinski definition) is 5. The highest BCUT2D eigenvalue weighted by Crippen LogP contribution is 2.40. The highest BCUT2D eigenvalue weighted by molar-refractivity contribution is 6.35. The molecule has 0 saturated carbocycles. The van der Waals surface area contributed by atoms with Crippen LogP contribution in [0.25, 0.3) is 10.8 Å². The van der Waals surface area contributed by atoms with Gasteiger partial charge in [-0.25, -0.2) is 4.98 Å². The molecule has 1 fully saturated rings. The summed E-state index contributed by atoms with van der Waals surface area (Å²) in [4.78, 5) is 4.05. The number of imidazole rings is 1. The molecule has 0 radical (unpaired) electrons. The Morgan fingerprint density at radius 1 is 1.09 bits per heavy atom. The zero-order chi connectivity index (χ0) is 24.8. The van der Waals surface area contributed by atoms with Gasteiger partial charge in [-0.3, -0.25) is 0 Å². The van der Waals surface area contributed by atoms with Gasteiger partial charge in [0, 0.05) is 35.5 Å². The van der Waals surface area contributed by atoms with E-state index in [1.54, 1.807) is 38.9 Å². The Kier molecular flexibility index (Phi) is 8.31. The third-order valence-corrected chi connectivity index (χ3v) is 6.37. The van der Waals surface area contributed by atoms with Crippen molar-refractivity contribution < 1.29 is 18.9 Å². The lowest BCUT2D eigenvalue weighted by atomic mass is 10.1. The predicted molar refractivity (Wildman–Crippen MR) is 138 cm³/mol. The third kappa shape index (κ3) is 5.80. The summed E-state index contributed by atoms with van der Waals surface area (Å²) in [6.07, 6.45) is 5.11. The van der Waals surface area contributed by atoms with Gasteiger partial charge < -0.3 is 23.5 Å². The van der Waals surface area contributed by atoms with E-state index < -0.39 is 5.79 Å². The Morgan fingerprint density at radius 3 is 2.57 bits per heavy atom. The molecule has 3 aromatic carbocycles. The van der Waals surface area contributed by atoms with E-state index in [1.807, 2.05) is 29.0 Å². The van der Waals surface area contributed by atoms with Gasteiger partial charge >= 0.3 is 0 Å². The number of benzene rings is 3. The van der Waals surface area contributed by atoms with Crippen LogP contribution in [0.3, 0.4) is 0 Å². The maximum absolute atomic E-state index is 6.36. The molecular weight excluding hydrogens is 487 g/mol. The zero-order valence-corrected chi connectivity index (χ0v) is 21.4. The summed E-state index contributed by atoms with van der Waals surface area (Å²) in [5.41, 5.74) is 2.03. The second-order valence-corrected chi connectivity index (χ2v) is 9.09. The van der Waals surface area contributed by atoms with E-state index in [-0.39, 0.29) is 6.10 Å². The Balaban J connectivity index is 0.000000189. The van der Waals surface area contributed by atoms with E-state index in [0.29, 0.717) is 29.8 Å². The van der Waals surface area contributed by atoms with Crippen LogP contribution in [0.4, 0.5) is 0 Å². The van der Waals surface area contributed by atoms with Crippen molar-refractivity contribution in [3.05, 3.63) is 94.5 Å². The molecular formula is C27H28Cl2N2O4. The molecule has 1 aromatic heterocycles. The van der Waals surface area contributed by atoms with Gasteiger partial charge in [0.15, 0.2) is 0 Å². The molecule has 0 N–H and O–H groups in total. The van der Waals surface area contributed by atoms with Crippen molar-refractivity contribution in [2.45, 2.75) is 25.4 Å². The highest BCUT2D eigenvalue weighted by atomic mass is 35.5. The predicted octanol–water partition coefficient (Wildman–Crippen LogP) is 6.26. The largest absolute Gasteiger partial charge is 0.496 e. The molecule has 1 aliphatic rings. The lowest BCUT2D eigenvalue weighted by molar-refractivity contribution is -0.190. The zero-order valence-electron chi connectivity index (χ0n) is 19.9. The number of methoxy groups -OCH3 is 2. The smallest absolute Gasteiger partial charge is 0.215 e. The molecule has 1 saturated heterocycles. The molecule has 0 aliphatic carbocycles. The van der Waals surface area contributed by atoms with Crippen molar-refractivity contribution in [1.29, 1.82) is 0 Å². The van der Waals surface area contributed by atoms with Crippen LogP contribution in [0.1, 0.15) is 11.1 Å². The van der Waals surface area contributed by atoms with Gasteiger partial charge in [0.2, 0.25) is 5.79 Å². The maximum atomic E-state index is 6.36. The molecule has 0 amide bonds. The average Bonchev–Trinajstić information content (AvgIpc) is 3.51. The lowest BCUT2D eigenvalue weighted by Gasteiger charge is -2.29. The molecule has 0 spiro atoms. The van der Waals surface area contributed by atoms with Crippen LogP contribution < -0.4 is 4.74 Å². The third-order valence-electron chi connectivity index (χ3n) is 5.83. The summed E-state index contributed by atoms with van der Waals surface area (Å²) in [6, 6.07) is 17.7. The van der Waals surface area contributed by atoms with Gasteiger partial charge in [-0.15, -0.1) is 0 Å². The van der Waals surface area contributed by atoms with Crippen LogP contribution in [0.15, 0.2) is 73.3 Å². The number of hydrogen-bond donors (Lipinski definition) is 0. The number of ether oxygens (including phenoxy) is 4. The molecule has 8 heteroatoms. The van der Waals surface area contributed by atoms with Crippen molar-refractivity contribution in [3.8, 4) is 5.75 Å². The highest BCUT2D eigenvalue weighted by Gasteiger charge is 2.45. The average molecular weight is 515 g/mol. The van der Waals surface area contributed by atoms with Crippen LogP contribution >= 0.6 is 23.2 Å². The van der Waals surface area contributed by atoms with Gasteiger partial charge in [-0.2, -0.15) is 0 Å². The first-order valence-corrected chi connectivity index (χ1v) is 12.0. The van der Waals surface area contributed by atoms with Gasteiger partial charge in [-0.1, -0.05) is 59.6 Å². The summed E-state index contributed by atoms with van der Waals surface area (Å²) in [5, 5.41) is 3.52. The fourth-order valence-corrected chi connectivity index (χ4v) is 4.71. The van der Waals surface area contributed by atoms with Crippen molar-refractivity contribution in [2.24, 2.45) is 0 Å². The summed E-state index contributed by atoms with van der Waals surface area (Å²) in [7, 11) is 3.34. The van der Waals surface area contributed by atoms with Crippen molar-refractivity contribution in [1.82, 2.24) is 9.55 Å². The molecule has 2 atom stereocenters. The van der Waals surface area contributed by atoms with Crippen molar-refractivity contribution in [2.75, 3.05) is 27.4 Å². The summed E-state index contributed by atoms with van der Waals surface area (Å²) >= 11 is 12.4. The second kappa shape index (κ2) is 11.4. The van der Waals surface area contributed by atoms with E-state index >= 15 is 0 Å². The van der Waals surface area contributed by atoms with E-state index in [0.717, 1.165) is 11.3 Å². The lowest BCUT2D eigenvalue weighted by Crippen LogP contribution is -2.34. The minimum Gasteiger partial charge on any atom is -0.496 e. The summed E-state index contributed by atoms with van der Waals surface area (Å²) in [6.45, 7) is 3.44. The van der Waals surface area contributed by atoms with E-state index in [9.17, 15) is 0 Å². The van der Waals surface area contributed by atoms with Crippen LogP contribution in [0.2, 0.25) is 10.0 Å². The minimum absolute atomic E-state index is 0.153. The van der Waals surface area contributed by atoms with E-state index in [4.69, 9.17) is 42.1 Å². The first-order valence-electron chi connectivity index (χ1n) is 11.2. The standard InChI is InChI=1S/C15H16Cl2N2O3.C12H12O/c1-20-7-12-8-21-15(22-12,9-19-5-4-18-10-19)13-3-2-11(16)6-14(13)17;1-9-7-8-12(13-2)11-6-4-3-5-10(9)11/h2-6,10,12H,7-9H2,1H3;3-8H,1-2H3/t12-,15-;/m0./s1. The summed E-state index contributed by atoms with van der Waals surface area (Å²) < 4.78 is 24.5. The van der Waals surface area contributed by atoms with E-state index in [2.05, 4.69) is 36.2 Å². The van der Waals surface area contributed by atoms with Gasteiger partial charge in [0.05, 0.1) is 38.2 Å². The Hall–Kier alpha value is -2.61. The Labute approximate surface area is 215 Å². The molecule has 0 bridgehead atoms. The Morgan fingerprint density at radius 2 is 1.89 bits per heavy atom. The molecule has 0 unspecified atom stereocenters. The van der Waals surface area contributed by atoms with E-state index in [1.165, 1.54) is 16.3 Å². The van der Waals surface area contributed by atoms with Crippen LogP contribution in [-0.2, 0) is 26.5 Å². The molecule has 35 heavy (non-hydrogen) atoms. The molecule has 6 nitrogen and oxygen atoms in total. The summed E-state index contributed by atoms with van der Waals surface area (Å²) in [5.74, 6) is -0.0350. The quantitative estimate of drug-likeness (QED) is 0.303. The van der Waals surface area contributed by atoms with Gasteiger partial charge in [-0.05, 0) is 36.1 Å². The van der Waals surface area contributed by atoms with Gasteiger partial charge in [0.1, 0.15) is 11.9 Å². The molecule has 5 rings (SSSR count). The molecule has 2 heterocycles. The molecule has 184 valence electrons. The normalized spacial score (nSPS) is 19.4. The Bertz CT molecular complexity index is 1270. The van der Waals surface area contributed by atoms with Crippen molar-refractivity contribution >= 4 is 34.0 Å². The number of fused-ring (bicyclic) bond motifs is 1. The minimum atomic E-state index is -0.981. The van der Waals surface area contributed by atoms with Gasteiger partial charge in [0.25, 0.3) is 0 Å².